The molecule has 0 aliphatic rings. The van der Waals surface area contributed by atoms with E-state index in [0.717, 1.165) is 0 Å². The Morgan fingerprint density at radius 1 is 1.07 bits per heavy atom. The first-order chi connectivity index (χ1) is 6.82. The lowest BCUT2D eigenvalue weighted by molar-refractivity contribution is -0.151. The van der Waals surface area contributed by atoms with Gasteiger partial charge in [0.2, 0.25) is 11.6 Å². The van der Waals surface area contributed by atoms with Crippen molar-refractivity contribution < 1.29 is 30.0 Å². The van der Waals surface area contributed by atoms with Crippen LogP contribution in [0.5, 0.6) is 0 Å². The summed E-state index contributed by atoms with van der Waals surface area (Å²) in [4.78, 5) is 22.2. The molecule has 1 unspecified atom stereocenters. The Labute approximate surface area is 87.2 Å². The number of hydrogen-bond acceptors (Lipinski definition) is 6. The summed E-state index contributed by atoms with van der Waals surface area (Å²) < 4.78 is 0. The smallest absolute Gasteiger partial charge is 0.232 e. The normalized spacial score (nSPS) is 17.3. The van der Waals surface area contributed by atoms with Gasteiger partial charge < -0.3 is 20.4 Å². The van der Waals surface area contributed by atoms with Crippen molar-refractivity contribution >= 4 is 11.6 Å². The fraction of sp³-hybridized carbons (Fsp3) is 0.778. The van der Waals surface area contributed by atoms with Crippen LogP contribution in [0, 0.1) is 5.92 Å². The molecule has 15 heavy (non-hydrogen) atoms. The SMILES string of the molecule is CC(C)C(O)[C@@H](O)C(=O)C(=O)[C@@H](O)CO. The zero-order valence-corrected chi connectivity index (χ0v) is 8.62. The number of carbonyl (C=O) groups excluding carboxylic acids is 2. The van der Waals surface area contributed by atoms with E-state index in [-0.39, 0.29) is 0 Å². The van der Waals surface area contributed by atoms with Crippen molar-refractivity contribution in [1.82, 2.24) is 0 Å². The average molecular weight is 220 g/mol. The van der Waals surface area contributed by atoms with Gasteiger partial charge in [0.05, 0.1) is 12.7 Å². The third-order valence-electron chi connectivity index (χ3n) is 1.99. The van der Waals surface area contributed by atoms with Crippen molar-refractivity contribution in [2.75, 3.05) is 6.61 Å². The minimum atomic E-state index is -1.86. The summed E-state index contributed by atoms with van der Waals surface area (Å²) >= 11 is 0. The summed E-state index contributed by atoms with van der Waals surface area (Å²) in [5.74, 6) is -2.99. The molecule has 0 aromatic carbocycles. The number of carbonyl (C=O) groups is 2. The van der Waals surface area contributed by atoms with Gasteiger partial charge in [-0.15, -0.1) is 0 Å². The van der Waals surface area contributed by atoms with Gasteiger partial charge in [0.15, 0.2) is 0 Å². The fourth-order valence-electron chi connectivity index (χ4n) is 0.913. The van der Waals surface area contributed by atoms with E-state index in [1.54, 1.807) is 13.8 Å². The molecule has 0 bridgehead atoms. The van der Waals surface area contributed by atoms with Crippen LogP contribution in [0.2, 0.25) is 0 Å². The highest BCUT2D eigenvalue weighted by Crippen LogP contribution is 2.08. The van der Waals surface area contributed by atoms with E-state index in [1.807, 2.05) is 0 Å². The van der Waals surface area contributed by atoms with Crippen LogP contribution in [0.3, 0.4) is 0 Å². The van der Waals surface area contributed by atoms with E-state index in [1.165, 1.54) is 0 Å². The molecule has 0 heterocycles. The van der Waals surface area contributed by atoms with Gasteiger partial charge in [0.1, 0.15) is 12.2 Å². The summed E-state index contributed by atoms with van der Waals surface area (Å²) in [6, 6.07) is 0. The topological polar surface area (TPSA) is 115 Å². The van der Waals surface area contributed by atoms with Crippen molar-refractivity contribution in [3.63, 3.8) is 0 Å². The second kappa shape index (κ2) is 5.92. The lowest BCUT2D eigenvalue weighted by atomic mass is 9.96. The zero-order valence-electron chi connectivity index (χ0n) is 8.62. The summed E-state index contributed by atoms with van der Waals surface area (Å²) in [5.41, 5.74) is 0. The van der Waals surface area contributed by atoms with Crippen molar-refractivity contribution in [2.45, 2.75) is 32.2 Å². The Morgan fingerprint density at radius 3 is 1.87 bits per heavy atom. The minimum Gasteiger partial charge on any atom is -0.393 e. The maximum absolute atomic E-state index is 11.2. The standard InChI is InChI=1S/C9H16O6/c1-4(2)6(12)8(14)9(15)7(13)5(11)3-10/h4-6,8,10-12,14H,3H2,1-2H3/t5-,6?,8+/m0/s1. The first kappa shape index (κ1) is 14.2. The predicted octanol–water partition coefficient (Wildman–Crippen LogP) is -2.14. The van der Waals surface area contributed by atoms with E-state index < -0.39 is 42.4 Å². The summed E-state index contributed by atoms with van der Waals surface area (Å²) in [6.45, 7) is 2.23. The zero-order chi connectivity index (χ0) is 12.2. The minimum absolute atomic E-state index is 0.400. The van der Waals surface area contributed by atoms with Gasteiger partial charge in [-0.25, -0.2) is 0 Å². The molecule has 0 fully saturated rings. The molecule has 6 nitrogen and oxygen atoms in total. The molecule has 88 valence electrons. The number of ketones is 2. The molecule has 0 radical (unpaired) electrons. The Balaban J connectivity index is 4.51. The Kier molecular flexibility index (Phi) is 5.59. The largest absolute Gasteiger partial charge is 0.393 e. The van der Waals surface area contributed by atoms with Gasteiger partial charge in [-0.2, -0.15) is 0 Å². The van der Waals surface area contributed by atoms with Crippen molar-refractivity contribution in [3.8, 4) is 0 Å². The molecule has 0 aromatic rings. The molecular formula is C9H16O6. The van der Waals surface area contributed by atoms with Gasteiger partial charge in [-0.05, 0) is 5.92 Å². The van der Waals surface area contributed by atoms with Crippen LogP contribution in [0.4, 0.5) is 0 Å². The van der Waals surface area contributed by atoms with Crippen LogP contribution < -0.4 is 0 Å². The van der Waals surface area contributed by atoms with Gasteiger partial charge in [-0.1, -0.05) is 13.8 Å². The number of rotatable bonds is 6. The molecule has 0 aliphatic heterocycles. The first-order valence-corrected chi connectivity index (χ1v) is 4.56. The average Bonchev–Trinajstić information content (AvgIpc) is 2.23. The maximum Gasteiger partial charge on any atom is 0.232 e. The van der Waals surface area contributed by atoms with Crippen LogP contribution in [0.15, 0.2) is 0 Å². The number of Topliss-reactive ketones (excluding diaryl/α,β-unsaturated/α-hetero) is 2. The third kappa shape index (κ3) is 3.67. The van der Waals surface area contributed by atoms with Crippen molar-refractivity contribution in [3.05, 3.63) is 0 Å². The lowest BCUT2D eigenvalue weighted by Gasteiger charge is -2.19. The molecule has 6 heteroatoms. The number of aliphatic hydroxyl groups excluding tert-OH is 4. The summed E-state index contributed by atoms with van der Waals surface area (Å²) in [6.07, 6.45) is -5.07. The van der Waals surface area contributed by atoms with Gasteiger partial charge >= 0.3 is 0 Å². The van der Waals surface area contributed by atoms with Gasteiger partial charge in [0, 0.05) is 0 Å². The third-order valence-corrected chi connectivity index (χ3v) is 1.99. The molecule has 0 saturated carbocycles. The molecular weight excluding hydrogens is 204 g/mol. The van der Waals surface area contributed by atoms with Crippen LogP contribution in [0.25, 0.3) is 0 Å². The monoisotopic (exact) mass is 220 g/mol. The summed E-state index contributed by atoms with van der Waals surface area (Å²) in [5, 5.41) is 35.8. The molecule has 4 N–H and O–H groups in total. The Morgan fingerprint density at radius 2 is 1.53 bits per heavy atom. The van der Waals surface area contributed by atoms with Crippen molar-refractivity contribution in [1.29, 1.82) is 0 Å². The van der Waals surface area contributed by atoms with E-state index in [0.29, 0.717) is 0 Å². The highest BCUT2D eigenvalue weighted by Gasteiger charge is 2.34. The molecule has 0 saturated heterocycles. The van der Waals surface area contributed by atoms with Gasteiger partial charge in [0.25, 0.3) is 0 Å². The fourth-order valence-corrected chi connectivity index (χ4v) is 0.913. The molecule has 0 amide bonds. The first-order valence-electron chi connectivity index (χ1n) is 4.56. The van der Waals surface area contributed by atoms with E-state index in [9.17, 15) is 19.8 Å². The van der Waals surface area contributed by atoms with Crippen LogP contribution in [-0.4, -0.2) is 56.9 Å². The Bertz CT molecular complexity index is 237. The highest BCUT2D eigenvalue weighted by atomic mass is 16.3. The van der Waals surface area contributed by atoms with Crippen molar-refractivity contribution in [2.24, 2.45) is 5.92 Å². The van der Waals surface area contributed by atoms with E-state index >= 15 is 0 Å². The predicted molar refractivity (Wildman–Crippen MR) is 50.0 cm³/mol. The molecule has 0 rings (SSSR count). The van der Waals surface area contributed by atoms with Crippen LogP contribution in [0.1, 0.15) is 13.8 Å². The molecule has 3 atom stereocenters. The van der Waals surface area contributed by atoms with Crippen LogP contribution >= 0.6 is 0 Å². The maximum atomic E-state index is 11.2. The molecule has 0 spiro atoms. The quantitative estimate of drug-likeness (QED) is 0.379. The molecule has 0 aliphatic carbocycles. The number of aliphatic hydroxyl groups is 4. The lowest BCUT2D eigenvalue weighted by Crippen LogP contribution is -2.45. The number of hydrogen-bond donors (Lipinski definition) is 4. The second-order valence-electron chi connectivity index (χ2n) is 3.61. The Hall–Kier alpha value is -0.820. The van der Waals surface area contributed by atoms with Crippen LogP contribution in [-0.2, 0) is 9.59 Å². The van der Waals surface area contributed by atoms with E-state index in [4.69, 9.17) is 10.2 Å². The van der Waals surface area contributed by atoms with E-state index in [2.05, 4.69) is 0 Å². The molecule has 0 aromatic heterocycles. The highest BCUT2D eigenvalue weighted by molar-refractivity contribution is 6.40. The summed E-state index contributed by atoms with van der Waals surface area (Å²) in [7, 11) is 0. The van der Waals surface area contributed by atoms with Gasteiger partial charge in [-0.3, -0.25) is 9.59 Å². The second-order valence-corrected chi connectivity index (χ2v) is 3.61.